The van der Waals surface area contributed by atoms with E-state index in [1.54, 1.807) is 48.5 Å². The van der Waals surface area contributed by atoms with Gasteiger partial charge in [-0.25, -0.2) is 9.05 Å². The van der Waals surface area contributed by atoms with Crippen molar-refractivity contribution >= 4 is 8.25 Å². The van der Waals surface area contributed by atoms with Gasteiger partial charge in [-0.1, -0.05) is 87.8 Å². The number of para-hydroxylation sites is 2. The zero-order valence-electron chi connectivity index (χ0n) is 17.8. The molecular weight excluding hydrogens is 399 g/mol. The number of benzene rings is 2. The van der Waals surface area contributed by atoms with Crippen LogP contribution in [-0.4, -0.2) is 23.4 Å². The molecular formula is C24H36O5P+. The molecule has 2 N–H and O–H groups in total. The summed E-state index contributed by atoms with van der Waals surface area (Å²) in [6, 6.07) is 17.8. The summed E-state index contributed by atoms with van der Waals surface area (Å²) in [5, 5.41) is 17.1. The first-order valence-electron chi connectivity index (χ1n) is 10.9. The second-order valence-corrected chi connectivity index (χ2v) is 7.83. The molecule has 0 spiro atoms. The Balaban J connectivity index is 0.000000304. The Bertz CT molecular complexity index is 581. The molecule has 6 heteroatoms. The quantitative estimate of drug-likeness (QED) is 0.241. The lowest BCUT2D eigenvalue weighted by atomic mass is 10.1. The molecule has 0 aliphatic heterocycles. The number of hydrogen-bond donors (Lipinski definition) is 2. The van der Waals surface area contributed by atoms with Crippen molar-refractivity contribution in [3.8, 4) is 11.5 Å². The largest absolute Gasteiger partial charge is 0.805 e. The zero-order chi connectivity index (χ0) is 21.7. The number of unbranched alkanes of at least 4 members (excludes halogenated alkanes) is 9. The molecule has 0 aliphatic carbocycles. The van der Waals surface area contributed by atoms with Crippen LogP contribution < -0.4 is 9.05 Å². The van der Waals surface area contributed by atoms with Crippen LogP contribution in [0.15, 0.2) is 60.7 Å². The van der Waals surface area contributed by atoms with E-state index in [0.29, 0.717) is 24.7 Å². The number of hydrogen-bond acceptors (Lipinski definition) is 5. The lowest BCUT2D eigenvalue weighted by Gasteiger charge is -2.01. The Labute approximate surface area is 182 Å². The van der Waals surface area contributed by atoms with Gasteiger partial charge in [0.25, 0.3) is 0 Å². The summed E-state index contributed by atoms with van der Waals surface area (Å²) in [4.78, 5) is 0. The average Bonchev–Trinajstić information content (AvgIpc) is 2.77. The molecule has 0 aromatic heterocycles. The Morgan fingerprint density at radius 2 is 0.833 bits per heavy atom. The lowest BCUT2D eigenvalue weighted by molar-refractivity contribution is 0.281. The first-order valence-corrected chi connectivity index (χ1v) is 12.0. The van der Waals surface area contributed by atoms with Crippen molar-refractivity contribution in [2.75, 3.05) is 13.2 Å². The van der Waals surface area contributed by atoms with Crippen LogP contribution in [0.25, 0.3) is 0 Å². The molecule has 0 bridgehead atoms. The summed E-state index contributed by atoms with van der Waals surface area (Å²) in [5.74, 6) is 1.05. The van der Waals surface area contributed by atoms with E-state index in [0.717, 1.165) is 12.8 Å². The molecule has 166 valence electrons. The van der Waals surface area contributed by atoms with Gasteiger partial charge in [-0.3, -0.25) is 0 Å². The molecule has 2 aromatic carbocycles. The highest BCUT2D eigenvalue weighted by atomic mass is 31.1. The van der Waals surface area contributed by atoms with E-state index in [1.165, 1.54) is 51.4 Å². The summed E-state index contributed by atoms with van der Waals surface area (Å²) >= 11 is 0. The molecule has 30 heavy (non-hydrogen) atoms. The minimum Gasteiger partial charge on any atom is -0.396 e. The van der Waals surface area contributed by atoms with E-state index in [-0.39, 0.29) is 0 Å². The van der Waals surface area contributed by atoms with Gasteiger partial charge in [-0.15, -0.1) is 0 Å². The van der Waals surface area contributed by atoms with Gasteiger partial charge in [0.15, 0.2) is 11.5 Å². The van der Waals surface area contributed by atoms with Crippen LogP contribution in [0.2, 0.25) is 0 Å². The Hall–Kier alpha value is -1.94. The van der Waals surface area contributed by atoms with E-state index < -0.39 is 8.25 Å². The highest BCUT2D eigenvalue weighted by Crippen LogP contribution is 2.29. The van der Waals surface area contributed by atoms with Crippen LogP contribution in [-0.2, 0) is 4.57 Å². The van der Waals surface area contributed by atoms with Crippen molar-refractivity contribution in [3.05, 3.63) is 60.7 Å². The van der Waals surface area contributed by atoms with E-state index in [4.69, 9.17) is 19.3 Å². The standard InChI is InChI=1S/C12H10O3P.C12H26O2/c13-16(14-11-7-3-1-4-8-11)15-12-9-5-2-6-10-12;13-11-9-7-5-3-1-2-4-6-8-10-12-14/h1-10H;13-14H,1-12H2/q+1;. The van der Waals surface area contributed by atoms with Gasteiger partial charge in [0.2, 0.25) is 0 Å². The van der Waals surface area contributed by atoms with E-state index in [2.05, 4.69) is 0 Å². The van der Waals surface area contributed by atoms with Crippen LogP contribution >= 0.6 is 8.25 Å². The highest BCUT2D eigenvalue weighted by Gasteiger charge is 2.23. The maximum atomic E-state index is 11.5. The maximum Gasteiger partial charge on any atom is 0.805 e. The Kier molecular flexibility index (Phi) is 16.6. The predicted molar refractivity (Wildman–Crippen MR) is 122 cm³/mol. The summed E-state index contributed by atoms with van der Waals surface area (Å²) in [6.45, 7) is 0.697. The monoisotopic (exact) mass is 435 g/mol. The summed E-state index contributed by atoms with van der Waals surface area (Å²) in [7, 11) is -2.18. The fourth-order valence-electron chi connectivity index (χ4n) is 2.79. The minimum atomic E-state index is -2.18. The third-order valence-electron chi connectivity index (χ3n) is 4.41. The van der Waals surface area contributed by atoms with Crippen molar-refractivity contribution in [1.29, 1.82) is 0 Å². The summed E-state index contributed by atoms with van der Waals surface area (Å²) in [5.41, 5.74) is 0. The Morgan fingerprint density at radius 1 is 0.533 bits per heavy atom. The second-order valence-electron chi connectivity index (χ2n) is 7.02. The maximum absolute atomic E-state index is 11.5. The fourth-order valence-corrected chi connectivity index (χ4v) is 3.42. The van der Waals surface area contributed by atoms with Crippen molar-refractivity contribution < 1.29 is 23.8 Å². The highest BCUT2D eigenvalue weighted by molar-refractivity contribution is 7.34. The number of aliphatic hydroxyl groups excluding tert-OH is 2. The van der Waals surface area contributed by atoms with Crippen LogP contribution in [0.1, 0.15) is 64.2 Å². The van der Waals surface area contributed by atoms with Gasteiger partial charge < -0.3 is 10.2 Å². The number of rotatable bonds is 15. The lowest BCUT2D eigenvalue weighted by Crippen LogP contribution is -1.87. The van der Waals surface area contributed by atoms with Crippen molar-refractivity contribution in [2.45, 2.75) is 64.2 Å². The molecule has 0 radical (unpaired) electrons. The minimum absolute atomic E-state index is 0.348. The van der Waals surface area contributed by atoms with Crippen molar-refractivity contribution in [2.24, 2.45) is 0 Å². The Morgan fingerprint density at radius 3 is 1.13 bits per heavy atom. The predicted octanol–water partition coefficient (Wildman–Crippen LogP) is 6.67. The third kappa shape index (κ3) is 15.0. The van der Waals surface area contributed by atoms with Gasteiger partial charge in [0.05, 0.1) is 0 Å². The molecule has 0 atom stereocenters. The molecule has 0 aliphatic rings. The second kappa shape index (κ2) is 19.0. The number of aliphatic hydroxyl groups is 2. The molecule has 2 rings (SSSR count). The van der Waals surface area contributed by atoms with Gasteiger partial charge >= 0.3 is 8.25 Å². The molecule has 0 unspecified atom stereocenters. The average molecular weight is 436 g/mol. The summed E-state index contributed by atoms with van der Waals surface area (Å²) < 4.78 is 21.7. The van der Waals surface area contributed by atoms with Crippen LogP contribution in [0.4, 0.5) is 0 Å². The van der Waals surface area contributed by atoms with Gasteiger partial charge in [0.1, 0.15) is 0 Å². The molecule has 5 nitrogen and oxygen atoms in total. The van der Waals surface area contributed by atoms with Crippen LogP contribution in [0.3, 0.4) is 0 Å². The van der Waals surface area contributed by atoms with Crippen molar-refractivity contribution in [3.63, 3.8) is 0 Å². The van der Waals surface area contributed by atoms with Gasteiger partial charge in [-0.2, -0.15) is 0 Å². The van der Waals surface area contributed by atoms with Crippen LogP contribution in [0.5, 0.6) is 11.5 Å². The third-order valence-corrected chi connectivity index (χ3v) is 5.13. The first kappa shape index (κ1) is 26.1. The first-order chi connectivity index (χ1) is 14.8. The van der Waals surface area contributed by atoms with E-state index >= 15 is 0 Å². The van der Waals surface area contributed by atoms with Crippen molar-refractivity contribution in [1.82, 2.24) is 0 Å². The molecule has 0 saturated heterocycles. The topological polar surface area (TPSA) is 76.0 Å². The normalized spacial score (nSPS) is 10.1. The van der Waals surface area contributed by atoms with Gasteiger partial charge in [0, 0.05) is 17.8 Å². The van der Waals surface area contributed by atoms with Gasteiger partial charge in [-0.05, 0) is 37.1 Å². The molecule has 0 heterocycles. The molecule has 2 aromatic rings. The molecule has 0 saturated carbocycles. The fraction of sp³-hybridized carbons (Fsp3) is 0.500. The zero-order valence-corrected chi connectivity index (χ0v) is 18.7. The molecule has 0 fully saturated rings. The SMILES string of the molecule is O=[P+](Oc1ccccc1)Oc1ccccc1.OCCCCCCCCCCCCO. The smallest absolute Gasteiger partial charge is 0.396 e. The molecule has 0 amide bonds. The summed E-state index contributed by atoms with van der Waals surface area (Å²) in [6.07, 6.45) is 12.2. The van der Waals surface area contributed by atoms with E-state index in [9.17, 15) is 4.57 Å². The van der Waals surface area contributed by atoms with E-state index in [1.807, 2.05) is 12.1 Å². The van der Waals surface area contributed by atoms with Crippen LogP contribution in [0, 0.1) is 0 Å².